The van der Waals surface area contributed by atoms with Crippen molar-refractivity contribution in [2.24, 2.45) is 46.8 Å². The normalized spacial score (nSPS) is 37.9. The van der Waals surface area contributed by atoms with E-state index < -0.39 is 0 Å². The predicted octanol–water partition coefficient (Wildman–Crippen LogP) is 8.37. The Bertz CT molecular complexity index is 1090. The maximum Gasteiger partial charge on any atom is 0.153 e. The molecule has 6 rings (SSSR count). The van der Waals surface area contributed by atoms with Gasteiger partial charge in [0.25, 0.3) is 0 Å². The number of nitrogens with one attached hydrogen (secondary N) is 1. The Morgan fingerprint density at radius 3 is 2.59 bits per heavy atom. The van der Waals surface area contributed by atoms with Crippen LogP contribution < -0.4 is 5.32 Å². The van der Waals surface area contributed by atoms with Crippen molar-refractivity contribution in [1.29, 1.82) is 0 Å². The molecule has 4 aliphatic carbocycles. The van der Waals surface area contributed by atoms with Crippen LogP contribution in [0.25, 0.3) is 5.82 Å². The van der Waals surface area contributed by atoms with Crippen LogP contribution in [0.4, 0.5) is 5.69 Å². The van der Waals surface area contributed by atoms with E-state index >= 15 is 0 Å². The van der Waals surface area contributed by atoms with E-state index in [1.54, 1.807) is 12.8 Å². The second-order valence-corrected chi connectivity index (χ2v) is 13.8. The zero-order chi connectivity index (χ0) is 25.7. The SMILES string of the molecule is CCC[C@H]1CC[C@@H]2C3CC[C@@]4(C)C(CCC4[C@@H](C)Nc4ccc(-n5ccc(C)n5)nc4C)[C@@H]3CC[C@@H]2C1. The lowest BCUT2D eigenvalue weighted by atomic mass is 9.49. The van der Waals surface area contributed by atoms with Crippen molar-refractivity contribution >= 4 is 5.69 Å². The lowest BCUT2D eigenvalue weighted by molar-refractivity contribution is -0.0696. The molecule has 0 bridgehead atoms. The van der Waals surface area contributed by atoms with Crippen molar-refractivity contribution in [3.63, 3.8) is 0 Å². The third-order valence-corrected chi connectivity index (χ3v) is 11.8. The first-order chi connectivity index (χ1) is 17.9. The summed E-state index contributed by atoms with van der Waals surface area (Å²) in [4.78, 5) is 4.88. The van der Waals surface area contributed by atoms with Crippen LogP contribution in [-0.4, -0.2) is 20.8 Å². The van der Waals surface area contributed by atoms with Crippen molar-refractivity contribution < 1.29 is 0 Å². The Kier molecular flexibility index (Phi) is 6.90. The smallest absolute Gasteiger partial charge is 0.153 e. The third kappa shape index (κ3) is 4.55. The van der Waals surface area contributed by atoms with Gasteiger partial charge in [-0.3, -0.25) is 0 Å². The monoisotopic (exact) mass is 502 g/mol. The van der Waals surface area contributed by atoms with Gasteiger partial charge in [0.05, 0.1) is 17.1 Å². The summed E-state index contributed by atoms with van der Waals surface area (Å²) >= 11 is 0. The molecule has 1 N–H and O–H groups in total. The minimum Gasteiger partial charge on any atom is -0.381 e. The fourth-order valence-corrected chi connectivity index (χ4v) is 10.2. The van der Waals surface area contributed by atoms with E-state index in [9.17, 15) is 0 Å². The summed E-state index contributed by atoms with van der Waals surface area (Å²) < 4.78 is 1.88. The number of pyridine rings is 1. The van der Waals surface area contributed by atoms with Gasteiger partial charge >= 0.3 is 0 Å². The first-order valence-electron chi connectivity index (χ1n) is 15.6. The van der Waals surface area contributed by atoms with Gasteiger partial charge in [-0.15, -0.1) is 0 Å². The molecule has 0 aliphatic heterocycles. The van der Waals surface area contributed by atoms with E-state index in [1.165, 1.54) is 63.5 Å². The van der Waals surface area contributed by atoms with Crippen LogP contribution in [0.15, 0.2) is 24.4 Å². The van der Waals surface area contributed by atoms with E-state index in [0.717, 1.165) is 58.6 Å². The highest BCUT2D eigenvalue weighted by Crippen LogP contribution is 2.65. The van der Waals surface area contributed by atoms with Gasteiger partial charge in [-0.2, -0.15) is 5.10 Å². The van der Waals surface area contributed by atoms with Crippen LogP contribution in [-0.2, 0) is 0 Å². The number of fused-ring (bicyclic) bond motifs is 5. The number of aromatic nitrogens is 3. The summed E-state index contributed by atoms with van der Waals surface area (Å²) in [6.45, 7) is 11.7. The largest absolute Gasteiger partial charge is 0.381 e. The fourth-order valence-electron chi connectivity index (χ4n) is 10.2. The lowest BCUT2D eigenvalue weighted by Crippen LogP contribution is -2.50. The third-order valence-electron chi connectivity index (χ3n) is 11.8. The maximum absolute atomic E-state index is 4.88. The number of anilines is 1. The standard InChI is InChI=1S/C33H50N4/c1-6-7-24-8-10-26-25(20-24)9-11-28-27(26)16-18-33(5)29(12-13-30(28)33)22(3)34-31-14-15-32(35-23(31)4)37-19-17-21(2)36-37/h14-15,17,19,22,24-30,34H,6-13,16,18,20H2,1-5H3/t22-,24+,25-,26+,27?,28-,29?,30?,33-/m1/s1. The molecular formula is C33H50N4. The molecule has 0 amide bonds. The van der Waals surface area contributed by atoms with E-state index in [1.807, 2.05) is 23.9 Å². The Balaban J connectivity index is 1.13. The van der Waals surface area contributed by atoms with Crippen LogP contribution in [0.1, 0.15) is 103 Å². The van der Waals surface area contributed by atoms with E-state index in [4.69, 9.17) is 4.98 Å². The second-order valence-electron chi connectivity index (χ2n) is 13.8. The van der Waals surface area contributed by atoms with Crippen LogP contribution >= 0.6 is 0 Å². The molecule has 0 aromatic carbocycles. The van der Waals surface area contributed by atoms with Crippen molar-refractivity contribution in [3.05, 3.63) is 35.8 Å². The van der Waals surface area contributed by atoms with Gasteiger partial charge in [0.15, 0.2) is 5.82 Å². The minimum atomic E-state index is 0.477. The van der Waals surface area contributed by atoms with Crippen molar-refractivity contribution in [3.8, 4) is 5.82 Å². The average molecular weight is 503 g/mol. The van der Waals surface area contributed by atoms with Crippen LogP contribution in [0.2, 0.25) is 0 Å². The van der Waals surface area contributed by atoms with Crippen molar-refractivity contribution in [2.45, 2.75) is 111 Å². The molecule has 0 saturated heterocycles. The molecule has 0 spiro atoms. The summed E-state index contributed by atoms with van der Waals surface area (Å²) in [6.07, 6.45) is 18.3. The van der Waals surface area contributed by atoms with Crippen molar-refractivity contribution in [2.75, 3.05) is 5.32 Å². The first-order valence-corrected chi connectivity index (χ1v) is 15.6. The van der Waals surface area contributed by atoms with Gasteiger partial charge in [0.2, 0.25) is 0 Å². The average Bonchev–Trinajstić information content (AvgIpc) is 3.48. The number of nitrogens with zero attached hydrogens (tertiary/aromatic N) is 3. The van der Waals surface area contributed by atoms with Gasteiger partial charge in [-0.1, -0.05) is 33.1 Å². The van der Waals surface area contributed by atoms with E-state index in [0.29, 0.717) is 11.5 Å². The molecule has 2 heterocycles. The number of aryl methyl sites for hydroxylation is 2. The number of rotatable bonds is 6. The van der Waals surface area contributed by atoms with Crippen LogP contribution in [0, 0.1) is 60.7 Å². The summed E-state index contributed by atoms with van der Waals surface area (Å²) in [6, 6.07) is 6.83. The van der Waals surface area contributed by atoms with Gasteiger partial charge in [0.1, 0.15) is 0 Å². The summed E-state index contributed by atoms with van der Waals surface area (Å²) in [7, 11) is 0. The second kappa shape index (κ2) is 10.0. The molecule has 4 heteroatoms. The highest BCUT2D eigenvalue weighted by atomic mass is 15.3. The minimum absolute atomic E-state index is 0.477. The zero-order valence-electron chi connectivity index (χ0n) is 24.0. The summed E-state index contributed by atoms with van der Waals surface area (Å²) in [5.41, 5.74) is 3.77. The Labute approximate surface area is 225 Å². The van der Waals surface area contributed by atoms with Gasteiger partial charge in [-0.25, -0.2) is 9.67 Å². The molecule has 2 aromatic heterocycles. The van der Waals surface area contributed by atoms with Crippen LogP contribution in [0.5, 0.6) is 0 Å². The number of hydrogen-bond acceptors (Lipinski definition) is 3. The van der Waals surface area contributed by atoms with Crippen molar-refractivity contribution in [1.82, 2.24) is 14.8 Å². The van der Waals surface area contributed by atoms with E-state index in [-0.39, 0.29) is 0 Å². The Hall–Kier alpha value is -1.84. The molecule has 9 atom stereocenters. The molecular weight excluding hydrogens is 452 g/mol. The number of hydrogen-bond donors (Lipinski definition) is 1. The van der Waals surface area contributed by atoms with Gasteiger partial charge in [0, 0.05) is 12.2 Å². The predicted molar refractivity (Wildman–Crippen MR) is 153 cm³/mol. The van der Waals surface area contributed by atoms with Crippen LogP contribution in [0.3, 0.4) is 0 Å². The Morgan fingerprint density at radius 1 is 1.00 bits per heavy atom. The molecule has 202 valence electrons. The molecule has 4 saturated carbocycles. The zero-order valence-corrected chi connectivity index (χ0v) is 24.0. The van der Waals surface area contributed by atoms with E-state index in [2.05, 4.69) is 50.2 Å². The quantitative estimate of drug-likeness (QED) is 0.431. The Morgan fingerprint density at radius 2 is 1.84 bits per heavy atom. The molecule has 4 fully saturated rings. The molecule has 4 aliphatic rings. The highest BCUT2D eigenvalue weighted by molar-refractivity contribution is 5.50. The highest BCUT2D eigenvalue weighted by Gasteiger charge is 2.57. The molecule has 2 aromatic rings. The fraction of sp³-hybridized carbons (Fsp3) is 0.758. The lowest BCUT2D eigenvalue weighted by Gasteiger charge is -2.57. The summed E-state index contributed by atoms with van der Waals surface area (Å²) in [5, 5.41) is 8.47. The molecule has 3 unspecified atom stereocenters. The van der Waals surface area contributed by atoms with Gasteiger partial charge in [-0.05, 0) is 137 Å². The molecule has 4 nitrogen and oxygen atoms in total. The first kappa shape index (κ1) is 25.4. The maximum atomic E-state index is 4.88. The summed E-state index contributed by atoms with van der Waals surface area (Å²) in [5.74, 6) is 7.77. The molecule has 37 heavy (non-hydrogen) atoms. The van der Waals surface area contributed by atoms with Gasteiger partial charge < -0.3 is 5.32 Å². The topological polar surface area (TPSA) is 42.7 Å². The molecule has 0 radical (unpaired) electrons.